The number of rotatable bonds is 3. The fourth-order valence-electron chi connectivity index (χ4n) is 0.867. The third-order valence-electron chi connectivity index (χ3n) is 1.42. The molecule has 5 heteroatoms. The Morgan fingerprint density at radius 3 is 2.08 bits per heavy atom. The van der Waals surface area contributed by atoms with Crippen molar-refractivity contribution >= 4 is 5.91 Å². The molecule has 13 heavy (non-hydrogen) atoms. The minimum Gasteiger partial charge on any atom is -0.354 e. The number of alkyl halides is 3. The predicted molar refractivity (Wildman–Crippen MR) is 43.1 cm³/mol. The van der Waals surface area contributed by atoms with E-state index in [2.05, 4.69) is 5.32 Å². The maximum atomic E-state index is 11.8. The molecule has 0 aliphatic carbocycles. The van der Waals surface area contributed by atoms with E-state index in [0.29, 0.717) is 0 Å². The first kappa shape index (κ1) is 12.3. The molecule has 0 aromatic carbocycles. The quantitative estimate of drug-likeness (QED) is 0.737. The zero-order valence-corrected chi connectivity index (χ0v) is 7.90. The van der Waals surface area contributed by atoms with Gasteiger partial charge in [-0.2, -0.15) is 13.2 Å². The smallest absolute Gasteiger partial charge is 0.354 e. The normalized spacial score (nSPS) is 14.4. The summed E-state index contributed by atoms with van der Waals surface area (Å²) in [4.78, 5) is 11.0. The van der Waals surface area contributed by atoms with Crippen LogP contribution in [0.5, 0.6) is 0 Å². The van der Waals surface area contributed by atoms with Gasteiger partial charge in [0.1, 0.15) is 0 Å². The highest BCUT2D eigenvalue weighted by molar-refractivity contribution is 5.78. The fourth-order valence-corrected chi connectivity index (χ4v) is 0.867. The van der Waals surface area contributed by atoms with Crippen LogP contribution in [0.2, 0.25) is 0 Å². The standard InChI is InChI=1S/C8H14F3NO/c1-5(2)12-7(13)6(3)4-8(9,10)11/h5-6H,4H2,1-3H3,(H,12,13). The van der Waals surface area contributed by atoms with Crippen molar-refractivity contribution < 1.29 is 18.0 Å². The first-order chi connectivity index (χ1) is 5.72. The van der Waals surface area contributed by atoms with Crippen LogP contribution in [0.3, 0.4) is 0 Å². The average Bonchev–Trinajstić information content (AvgIpc) is 1.81. The van der Waals surface area contributed by atoms with Crippen molar-refractivity contribution in [1.29, 1.82) is 0 Å². The Labute approximate surface area is 75.5 Å². The molecule has 0 rings (SSSR count). The molecule has 2 nitrogen and oxygen atoms in total. The van der Waals surface area contributed by atoms with Crippen LogP contribution in [0.25, 0.3) is 0 Å². The van der Waals surface area contributed by atoms with Gasteiger partial charge in [-0.25, -0.2) is 0 Å². The summed E-state index contributed by atoms with van der Waals surface area (Å²) in [5, 5.41) is 2.43. The molecule has 0 heterocycles. The van der Waals surface area contributed by atoms with Gasteiger partial charge in [0.25, 0.3) is 0 Å². The lowest BCUT2D eigenvalue weighted by Gasteiger charge is -2.15. The van der Waals surface area contributed by atoms with Gasteiger partial charge in [0.05, 0.1) is 6.42 Å². The Morgan fingerprint density at radius 2 is 1.77 bits per heavy atom. The Bertz CT molecular complexity index is 177. The van der Waals surface area contributed by atoms with Gasteiger partial charge in [0, 0.05) is 12.0 Å². The van der Waals surface area contributed by atoms with Gasteiger partial charge in [-0.15, -0.1) is 0 Å². The number of halogens is 3. The summed E-state index contributed by atoms with van der Waals surface area (Å²) in [6.07, 6.45) is -5.33. The maximum Gasteiger partial charge on any atom is 0.389 e. The summed E-state index contributed by atoms with van der Waals surface area (Å²) in [7, 11) is 0. The minimum atomic E-state index is -4.27. The Morgan fingerprint density at radius 1 is 1.31 bits per heavy atom. The molecule has 1 amide bonds. The zero-order chi connectivity index (χ0) is 10.6. The maximum absolute atomic E-state index is 11.8. The van der Waals surface area contributed by atoms with Crippen molar-refractivity contribution in [2.75, 3.05) is 0 Å². The molecule has 0 fully saturated rings. The second-order valence-electron chi connectivity index (χ2n) is 3.38. The van der Waals surface area contributed by atoms with Crippen LogP contribution in [0.15, 0.2) is 0 Å². The van der Waals surface area contributed by atoms with E-state index in [-0.39, 0.29) is 6.04 Å². The lowest BCUT2D eigenvalue weighted by molar-refractivity contribution is -0.153. The van der Waals surface area contributed by atoms with Crippen LogP contribution in [0.4, 0.5) is 13.2 Å². The van der Waals surface area contributed by atoms with E-state index in [0.717, 1.165) is 0 Å². The van der Waals surface area contributed by atoms with E-state index < -0.39 is 24.4 Å². The van der Waals surface area contributed by atoms with E-state index in [9.17, 15) is 18.0 Å². The van der Waals surface area contributed by atoms with Gasteiger partial charge in [0.15, 0.2) is 0 Å². The molecule has 0 aromatic heterocycles. The van der Waals surface area contributed by atoms with E-state index >= 15 is 0 Å². The number of nitrogens with one attached hydrogen (secondary N) is 1. The van der Waals surface area contributed by atoms with E-state index in [1.54, 1.807) is 13.8 Å². The summed E-state index contributed by atoms with van der Waals surface area (Å²) < 4.78 is 35.5. The Hall–Kier alpha value is -0.740. The first-order valence-corrected chi connectivity index (χ1v) is 4.09. The molecule has 0 bridgehead atoms. The monoisotopic (exact) mass is 197 g/mol. The minimum absolute atomic E-state index is 0.122. The molecular formula is C8H14F3NO. The SMILES string of the molecule is CC(C)NC(=O)C(C)CC(F)(F)F. The van der Waals surface area contributed by atoms with Gasteiger partial charge in [-0.05, 0) is 13.8 Å². The van der Waals surface area contributed by atoms with Crippen LogP contribution in [-0.4, -0.2) is 18.1 Å². The summed E-state index contributed by atoms with van der Waals surface area (Å²) >= 11 is 0. The van der Waals surface area contributed by atoms with Gasteiger partial charge in [0.2, 0.25) is 5.91 Å². The van der Waals surface area contributed by atoms with Crippen LogP contribution in [-0.2, 0) is 4.79 Å². The summed E-state index contributed by atoms with van der Waals surface area (Å²) in [5.41, 5.74) is 0. The van der Waals surface area contributed by atoms with Gasteiger partial charge in [-0.1, -0.05) is 6.92 Å². The Balaban J connectivity index is 3.97. The predicted octanol–water partition coefficient (Wildman–Crippen LogP) is 2.10. The lowest BCUT2D eigenvalue weighted by atomic mass is 10.1. The molecule has 0 radical (unpaired) electrons. The summed E-state index contributed by atoms with van der Waals surface area (Å²) in [6.45, 7) is 4.68. The van der Waals surface area contributed by atoms with Crippen molar-refractivity contribution in [3.8, 4) is 0 Å². The van der Waals surface area contributed by atoms with Crippen molar-refractivity contribution in [3.05, 3.63) is 0 Å². The van der Waals surface area contributed by atoms with E-state index in [1.165, 1.54) is 6.92 Å². The molecule has 0 aliphatic rings. The fraction of sp³-hybridized carbons (Fsp3) is 0.875. The van der Waals surface area contributed by atoms with Crippen molar-refractivity contribution in [2.24, 2.45) is 5.92 Å². The molecule has 0 saturated carbocycles. The Kier molecular flexibility index (Phi) is 4.23. The third kappa shape index (κ3) is 6.42. The molecule has 0 aromatic rings. The highest BCUT2D eigenvalue weighted by Gasteiger charge is 2.32. The molecule has 1 N–H and O–H groups in total. The van der Waals surface area contributed by atoms with Crippen LogP contribution < -0.4 is 5.32 Å². The van der Waals surface area contributed by atoms with Crippen LogP contribution in [0.1, 0.15) is 27.2 Å². The zero-order valence-electron chi connectivity index (χ0n) is 7.90. The van der Waals surface area contributed by atoms with Crippen molar-refractivity contribution in [1.82, 2.24) is 5.32 Å². The number of carbonyl (C=O) groups excluding carboxylic acids is 1. The van der Waals surface area contributed by atoms with Gasteiger partial charge < -0.3 is 5.32 Å². The topological polar surface area (TPSA) is 29.1 Å². The largest absolute Gasteiger partial charge is 0.389 e. The van der Waals surface area contributed by atoms with Crippen molar-refractivity contribution in [3.63, 3.8) is 0 Å². The van der Waals surface area contributed by atoms with Crippen LogP contribution in [0, 0.1) is 5.92 Å². The third-order valence-corrected chi connectivity index (χ3v) is 1.42. The highest BCUT2D eigenvalue weighted by Crippen LogP contribution is 2.24. The summed E-state index contributed by atoms with van der Waals surface area (Å²) in [6, 6.07) is -0.122. The number of carbonyl (C=O) groups is 1. The second kappa shape index (κ2) is 4.48. The number of hydrogen-bond donors (Lipinski definition) is 1. The van der Waals surface area contributed by atoms with Crippen LogP contribution >= 0.6 is 0 Å². The molecular weight excluding hydrogens is 183 g/mol. The number of hydrogen-bond acceptors (Lipinski definition) is 1. The second-order valence-corrected chi connectivity index (χ2v) is 3.38. The molecule has 78 valence electrons. The highest BCUT2D eigenvalue weighted by atomic mass is 19.4. The number of amides is 1. The molecule has 1 unspecified atom stereocenters. The molecule has 1 atom stereocenters. The summed E-state index contributed by atoms with van der Waals surface area (Å²) in [5.74, 6) is -1.56. The van der Waals surface area contributed by atoms with E-state index in [1.807, 2.05) is 0 Å². The van der Waals surface area contributed by atoms with E-state index in [4.69, 9.17) is 0 Å². The molecule has 0 aliphatic heterocycles. The molecule has 0 spiro atoms. The molecule has 0 saturated heterocycles. The average molecular weight is 197 g/mol. The van der Waals surface area contributed by atoms with Crippen molar-refractivity contribution in [2.45, 2.75) is 39.4 Å². The first-order valence-electron chi connectivity index (χ1n) is 4.09. The lowest BCUT2D eigenvalue weighted by Crippen LogP contribution is -2.36. The van der Waals surface area contributed by atoms with Gasteiger partial charge >= 0.3 is 6.18 Å². The van der Waals surface area contributed by atoms with Gasteiger partial charge in [-0.3, -0.25) is 4.79 Å².